The van der Waals surface area contributed by atoms with Crippen LogP contribution in [-0.2, 0) is 0 Å². The van der Waals surface area contributed by atoms with Gasteiger partial charge in [0.2, 0.25) is 0 Å². The van der Waals surface area contributed by atoms with Gasteiger partial charge in [0.1, 0.15) is 0 Å². The van der Waals surface area contributed by atoms with Crippen LogP contribution in [0.4, 0.5) is 0 Å². The molecule has 7 aromatic carbocycles. The topological polar surface area (TPSA) is 34.1 Å². The Hall–Kier alpha value is -5.26. The molecule has 0 aliphatic rings. The lowest BCUT2D eigenvalue weighted by atomic mass is 9.97. The molecule has 0 fully saturated rings. The van der Waals surface area contributed by atoms with E-state index in [4.69, 9.17) is 0 Å². The largest absolute Gasteiger partial charge is 0.294 e. The first-order valence-corrected chi connectivity index (χ1v) is 21.3. The van der Waals surface area contributed by atoms with Crippen molar-refractivity contribution in [1.29, 1.82) is 0 Å². The van der Waals surface area contributed by atoms with Crippen LogP contribution < -0.4 is 21.2 Å². The molecule has 2 atom stereocenters. The summed E-state index contributed by atoms with van der Waals surface area (Å²) in [6.45, 7) is 4.10. The predicted octanol–water partition coefficient (Wildman–Crippen LogP) is 11.2. The van der Waals surface area contributed by atoms with Crippen LogP contribution in [0.3, 0.4) is 0 Å². The first kappa shape index (κ1) is 37.1. The molecule has 7 aromatic rings. The van der Waals surface area contributed by atoms with Gasteiger partial charge in [-0.25, -0.2) is 0 Å². The SMILES string of the molecule is Cc1ccc(C(=O)CC(c2cccc(C(CC(=O)c3ccc(C)cc3)P(c3ccccc3)c3ccccc3)c2)P(c2ccccc2)c2ccccc2)cc1. The monoisotopic (exact) mass is 738 g/mol. The molecule has 0 bridgehead atoms. The van der Waals surface area contributed by atoms with Crippen molar-refractivity contribution in [2.45, 2.75) is 38.0 Å². The van der Waals surface area contributed by atoms with Gasteiger partial charge in [-0.3, -0.25) is 9.59 Å². The lowest BCUT2D eigenvalue weighted by Gasteiger charge is -2.32. The maximum absolute atomic E-state index is 14.3. The zero-order chi connectivity index (χ0) is 37.3. The van der Waals surface area contributed by atoms with Crippen molar-refractivity contribution in [1.82, 2.24) is 0 Å². The van der Waals surface area contributed by atoms with E-state index >= 15 is 0 Å². The van der Waals surface area contributed by atoms with Crippen molar-refractivity contribution < 1.29 is 9.59 Å². The molecular weight excluding hydrogens is 694 g/mol. The van der Waals surface area contributed by atoms with Crippen LogP contribution in [0.1, 0.15) is 67.1 Å². The van der Waals surface area contributed by atoms with E-state index in [0.29, 0.717) is 12.8 Å². The number of benzene rings is 7. The Balaban J connectivity index is 1.39. The summed E-state index contributed by atoms with van der Waals surface area (Å²) < 4.78 is 0. The molecule has 0 amide bonds. The Kier molecular flexibility index (Phi) is 12.2. The molecule has 0 aliphatic heterocycles. The van der Waals surface area contributed by atoms with Crippen LogP contribution >= 0.6 is 15.8 Å². The zero-order valence-electron chi connectivity index (χ0n) is 30.8. The number of aryl methyl sites for hydroxylation is 2. The molecule has 7 rings (SSSR count). The Morgan fingerprint density at radius 2 is 0.685 bits per heavy atom. The Morgan fingerprint density at radius 3 is 0.981 bits per heavy atom. The summed E-state index contributed by atoms with van der Waals surface area (Å²) in [5.41, 5.74) is 5.76. The molecule has 0 N–H and O–H groups in total. The number of hydrogen-bond acceptors (Lipinski definition) is 2. The van der Waals surface area contributed by atoms with Crippen LogP contribution in [0.5, 0.6) is 0 Å². The minimum absolute atomic E-state index is 0.105. The highest BCUT2D eigenvalue weighted by atomic mass is 31.1. The van der Waals surface area contributed by atoms with Crippen molar-refractivity contribution in [3.63, 3.8) is 0 Å². The first-order chi connectivity index (χ1) is 26.4. The number of Topliss-reactive ketones (excluding diaryl/α,β-unsaturated/α-hetero) is 2. The minimum Gasteiger partial charge on any atom is -0.294 e. The van der Waals surface area contributed by atoms with Gasteiger partial charge in [0.25, 0.3) is 0 Å². The molecule has 0 saturated heterocycles. The van der Waals surface area contributed by atoms with E-state index in [-0.39, 0.29) is 22.9 Å². The molecule has 4 heteroatoms. The van der Waals surface area contributed by atoms with Gasteiger partial charge in [-0.15, -0.1) is 0 Å². The fourth-order valence-corrected chi connectivity index (χ4v) is 12.8. The van der Waals surface area contributed by atoms with Gasteiger partial charge in [-0.05, 0) is 62.0 Å². The number of ketones is 2. The van der Waals surface area contributed by atoms with Crippen LogP contribution in [-0.4, -0.2) is 11.6 Å². The van der Waals surface area contributed by atoms with Crippen LogP contribution in [0.15, 0.2) is 194 Å². The van der Waals surface area contributed by atoms with Crippen LogP contribution in [0, 0.1) is 13.8 Å². The molecule has 0 spiro atoms. The summed E-state index contributed by atoms with van der Waals surface area (Å²) in [6.07, 6.45) is 0.724. The zero-order valence-corrected chi connectivity index (χ0v) is 32.5. The van der Waals surface area contributed by atoms with Crippen molar-refractivity contribution >= 4 is 48.6 Å². The molecule has 0 radical (unpaired) electrons. The lowest BCUT2D eigenvalue weighted by molar-refractivity contribution is 0.0974. The third kappa shape index (κ3) is 8.91. The highest BCUT2D eigenvalue weighted by Gasteiger charge is 2.32. The summed E-state index contributed by atoms with van der Waals surface area (Å²) in [5.74, 6) is 0.262. The smallest absolute Gasteiger partial charge is 0.163 e. The number of rotatable bonds is 14. The second kappa shape index (κ2) is 17.7. The quantitative estimate of drug-likeness (QED) is 0.0822. The van der Waals surface area contributed by atoms with E-state index in [1.54, 1.807) is 0 Å². The molecule has 266 valence electrons. The number of carbonyl (C=O) groups is 2. The molecule has 0 saturated carbocycles. The first-order valence-electron chi connectivity index (χ1n) is 18.5. The highest BCUT2D eigenvalue weighted by Crippen LogP contribution is 2.55. The maximum atomic E-state index is 14.3. The lowest BCUT2D eigenvalue weighted by Crippen LogP contribution is -2.21. The Bertz CT molecular complexity index is 2030. The van der Waals surface area contributed by atoms with E-state index in [1.165, 1.54) is 21.2 Å². The van der Waals surface area contributed by atoms with Crippen molar-refractivity contribution in [3.8, 4) is 0 Å². The Morgan fingerprint density at radius 1 is 0.389 bits per heavy atom. The van der Waals surface area contributed by atoms with Crippen molar-refractivity contribution in [2.75, 3.05) is 0 Å². The Labute approximate surface area is 322 Å². The summed E-state index contributed by atoms with van der Waals surface area (Å²) in [4.78, 5) is 28.6. The second-order valence-corrected chi connectivity index (χ2v) is 18.6. The number of hydrogen-bond donors (Lipinski definition) is 0. The predicted molar refractivity (Wildman–Crippen MR) is 230 cm³/mol. The fourth-order valence-electron chi connectivity index (χ4n) is 7.13. The summed E-state index contributed by atoms with van der Waals surface area (Å²) in [5, 5.41) is 4.92. The molecule has 0 heterocycles. The third-order valence-electron chi connectivity index (χ3n) is 9.95. The number of carbonyl (C=O) groups excluding carboxylic acids is 2. The molecular formula is C50H44O2P2. The fraction of sp³-hybridized carbons (Fsp3) is 0.120. The second-order valence-electron chi connectivity index (χ2n) is 13.8. The van der Waals surface area contributed by atoms with Crippen LogP contribution in [0.25, 0.3) is 0 Å². The van der Waals surface area contributed by atoms with Crippen molar-refractivity contribution in [3.05, 3.63) is 228 Å². The van der Waals surface area contributed by atoms with E-state index in [0.717, 1.165) is 33.4 Å². The summed E-state index contributed by atoms with van der Waals surface area (Å²) in [7, 11) is -1.99. The third-order valence-corrected chi connectivity index (χ3v) is 15.6. The van der Waals surface area contributed by atoms with E-state index in [2.05, 4.69) is 146 Å². The average Bonchev–Trinajstić information content (AvgIpc) is 3.22. The van der Waals surface area contributed by atoms with E-state index in [9.17, 15) is 9.59 Å². The molecule has 0 aromatic heterocycles. The summed E-state index contributed by atoms with van der Waals surface area (Å²) >= 11 is 0. The highest BCUT2D eigenvalue weighted by molar-refractivity contribution is 7.73. The van der Waals surface area contributed by atoms with Gasteiger partial charge in [0.05, 0.1) is 0 Å². The maximum Gasteiger partial charge on any atom is 0.163 e. The van der Waals surface area contributed by atoms with Crippen LogP contribution in [0.2, 0.25) is 0 Å². The van der Waals surface area contributed by atoms with E-state index < -0.39 is 15.8 Å². The minimum atomic E-state index is -0.993. The van der Waals surface area contributed by atoms with E-state index in [1.807, 2.05) is 62.4 Å². The normalized spacial score (nSPS) is 12.4. The van der Waals surface area contributed by atoms with Gasteiger partial charge >= 0.3 is 0 Å². The van der Waals surface area contributed by atoms with Gasteiger partial charge < -0.3 is 0 Å². The summed E-state index contributed by atoms with van der Waals surface area (Å²) in [6, 6.07) is 67.4. The van der Waals surface area contributed by atoms with Gasteiger partial charge in [0, 0.05) is 35.3 Å². The molecule has 0 aliphatic carbocycles. The standard InChI is InChI=1S/C50H44O2P2/c1-37-26-30-39(31-27-37)47(51)35-49(53(43-18-7-3-8-19-43)44-20-9-4-10-21-44)41-16-15-17-42(34-41)50(36-48(52)40-32-28-38(2)29-33-40)54(45-22-11-5-12-23-45)46-24-13-6-14-25-46/h3-34,49-50H,35-36H2,1-2H3. The molecule has 2 nitrogen and oxygen atoms in total. The average molecular weight is 739 g/mol. The van der Waals surface area contributed by atoms with Gasteiger partial charge in [-0.2, -0.15) is 0 Å². The van der Waals surface area contributed by atoms with Gasteiger partial charge in [-0.1, -0.05) is 205 Å². The van der Waals surface area contributed by atoms with Gasteiger partial charge in [0.15, 0.2) is 11.6 Å². The molecule has 54 heavy (non-hydrogen) atoms. The molecule has 2 unspecified atom stereocenters. The van der Waals surface area contributed by atoms with Crippen molar-refractivity contribution in [2.24, 2.45) is 0 Å².